The fourth-order valence-electron chi connectivity index (χ4n) is 2.39. The molecule has 0 aliphatic carbocycles. The highest BCUT2D eigenvalue weighted by molar-refractivity contribution is 6.09. The van der Waals surface area contributed by atoms with E-state index in [1.165, 1.54) is 12.3 Å². The van der Waals surface area contributed by atoms with Gasteiger partial charge in [-0.15, -0.1) is 0 Å². The molecule has 0 bridgehead atoms. The molecule has 0 radical (unpaired) electrons. The monoisotopic (exact) mass is 345 g/mol. The van der Waals surface area contributed by atoms with Gasteiger partial charge in [-0.3, -0.25) is 9.59 Å². The number of carbonyl (C=O) groups excluding carboxylic acids is 2. The summed E-state index contributed by atoms with van der Waals surface area (Å²) in [5.74, 6) is -0.0929. The van der Waals surface area contributed by atoms with Gasteiger partial charge in [0.1, 0.15) is 5.76 Å². The smallest absolute Gasteiger partial charge is 0.255 e. The van der Waals surface area contributed by atoms with Gasteiger partial charge in [0.2, 0.25) is 0 Å². The van der Waals surface area contributed by atoms with Crippen molar-refractivity contribution in [3.8, 4) is 6.07 Å². The second kappa shape index (κ2) is 7.81. The first-order valence-corrected chi connectivity index (χ1v) is 7.88. The van der Waals surface area contributed by atoms with Gasteiger partial charge in [0, 0.05) is 5.56 Å². The number of benzene rings is 2. The van der Waals surface area contributed by atoms with Crippen LogP contribution < -0.4 is 10.6 Å². The van der Waals surface area contributed by atoms with E-state index in [0.717, 1.165) is 0 Å². The average molecular weight is 345 g/mol. The van der Waals surface area contributed by atoms with Crippen molar-refractivity contribution in [3.05, 3.63) is 89.4 Å². The Balaban J connectivity index is 1.75. The number of para-hydroxylation sites is 1. The Bertz CT molecular complexity index is 972. The highest BCUT2D eigenvalue weighted by Gasteiger charge is 2.14. The topological polar surface area (TPSA) is 95.1 Å². The Labute approximate surface area is 150 Å². The maximum absolute atomic E-state index is 12.4. The fourth-order valence-corrected chi connectivity index (χ4v) is 2.39. The molecule has 0 atom stereocenters. The predicted molar refractivity (Wildman–Crippen MR) is 95.4 cm³/mol. The minimum Gasteiger partial charge on any atom is -0.467 e. The van der Waals surface area contributed by atoms with Crippen molar-refractivity contribution in [2.75, 3.05) is 5.32 Å². The van der Waals surface area contributed by atoms with E-state index in [9.17, 15) is 9.59 Å². The molecular formula is C20H15N3O3. The van der Waals surface area contributed by atoms with Crippen molar-refractivity contribution in [2.45, 2.75) is 6.54 Å². The van der Waals surface area contributed by atoms with Crippen LogP contribution in [0.2, 0.25) is 0 Å². The molecule has 3 rings (SSSR count). The summed E-state index contributed by atoms with van der Waals surface area (Å²) in [7, 11) is 0. The first kappa shape index (κ1) is 17.0. The lowest BCUT2D eigenvalue weighted by Gasteiger charge is -2.11. The summed E-state index contributed by atoms with van der Waals surface area (Å²) in [4.78, 5) is 24.9. The van der Waals surface area contributed by atoms with Crippen LogP contribution in [0.3, 0.4) is 0 Å². The fraction of sp³-hybridized carbons (Fsp3) is 0.0500. The standard InChI is InChI=1S/C20H15N3O3/c21-12-14-5-3-6-15(11-14)19(24)23-18-9-2-1-8-17(18)20(25)22-13-16-7-4-10-26-16/h1-11H,13H2,(H,22,25)(H,23,24). The molecule has 0 saturated heterocycles. The third kappa shape index (κ3) is 3.97. The summed E-state index contributed by atoms with van der Waals surface area (Å²) in [6, 6.07) is 18.6. The van der Waals surface area contributed by atoms with Crippen LogP contribution in [-0.4, -0.2) is 11.8 Å². The van der Waals surface area contributed by atoms with E-state index in [0.29, 0.717) is 28.1 Å². The molecule has 128 valence electrons. The summed E-state index contributed by atoms with van der Waals surface area (Å²) >= 11 is 0. The van der Waals surface area contributed by atoms with Crippen molar-refractivity contribution >= 4 is 17.5 Å². The maximum atomic E-state index is 12.4. The first-order valence-electron chi connectivity index (χ1n) is 7.88. The molecule has 0 fully saturated rings. The number of hydrogen-bond acceptors (Lipinski definition) is 4. The van der Waals surface area contributed by atoms with Gasteiger partial charge in [0.25, 0.3) is 11.8 Å². The van der Waals surface area contributed by atoms with Gasteiger partial charge < -0.3 is 15.1 Å². The summed E-state index contributed by atoms with van der Waals surface area (Å²) in [6.07, 6.45) is 1.53. The molecule has 2 aromatic carbocycles. The number of anilines is 1. The Morgan fingerprint density at radius 1 is 1.00 bits per heavy atom. The highest BCUT2D eigenvalue weighted by Crippen LogP contribution is 2.17. The zero-order valence-corrected chi connectivity index (χ0v) is 13.7. The largest absolute Gasteiger partial charge is 0.467 e. The number of nitrogens with zero attached hydrogens (tertiary/aromatic N) is 1. The van der Waals surface area contributed by atoms with E-state index in [4.69, 9.17) is 9.68 Å². The van der Waals surface area contributed by atoms with Crippen LogP contribution in [0, 0.1) is 11.3 Å². The minimum absolute atomic E-state index is 0.248. The van der Waals surface area contributed by atoms with Crippen molar-refractivity contribution in [1.82, 2.24) is 5.32 Å². The number of amides is 2. The van der Waals surface area contributed by atoms with Crippen LogP contribution in [0.5, 0.6) is 0 Å². The Morgan fingerprint density at radius 2 is 1.85 bits per heavy atom. The minimum atomic E-state index is -0.395. The molecule has 2 N–H and O–H groups in total. The van der Waals surface area contributed by atoms with Crippen molar-refractivity contribution in [2.24, 2.45) is 0 Å². The van der Waals surface area contributed by atoms with Gasteiger partial charge in [-0.1, -0.05) is 18.2 Å². The van der Waals surface area contributed by atoms with Crippen molar-refractivity contribution in [1.29, 1.82) is 5.26 Å². The molecule has 0 aliphatic rings. The molecule has 2 amide bonds. The van der Waals surface area contributed by atoms with E-state index < -0.39 is 5.91 Å². The number of nitrogens with one attached hydrogen (secondary N) is 2. The first-order chi connectivity index (χ1) is 12.7. The molecule has 0 saturated carbocycles. The van der Waals surface area contributed by atoms with E-state index in [-0.39, 0.29) is 12.5 Å². The average Bonchev–Trinajstić information content (AvgIpc) is 3.20. The number of hydrogen-bond donors (Lipinski definition) is 2. The lowest BCUT2D eigenvalue weighted by Crippen LogP contribution is -2.24. The molecule has 6 nitrogen and oxygen atoms in total. The normalized spacial score (nSPS) is 9.96. The molecule has 0 aliphatic heterocycles. The molecule has 0 unspecified atom stereocenters. The highest BCUT2D eigenvalue weighted by atomic mass is 16.3. The lowest BCUT2D eigenvalue weighted by molar-refractivity contribution is 0.0949. The van der Waals surface area contributed by atoms with E-state index in [1.807, 2.05) is 6.07 Å². The summed E-state index contributed by atoms with van der Waals surface area (Å²) in [5, 5.41) is 14.4. The van der Waals surface area contributed by atoms with E-state index in [1.54, 1.807) is 54.6 Å². The van der Waals surface area contributed by atoms with Gasteiger partial charge in [0.05, 0.1) is 35.7 Å². The van der Waals surface area contributed by atoms with Gasteiger partial charge >= 0.3 is 0 Å². The number of rotatable bonds is 5. The maximum Gasteiger partial charge on any atom is 0.255 e. The Morgan fingerprint density at radius 3 is 2.62 bits per heavy atom. The molecule has 0 spiro atoms. The molecule has 1 heterocycles. The lowest BCUT2D eigenvalue weighted by atomic mass is 10.1. The quantitative estimate of drug-likeness (QED) is 0.741. The third-order valence-corrected chi connectivity index (χ3v) is 3.68. The van der Waals surface area contributed by atoms with Gasteiger partial charge in [-0.05, 0) is 42.5 Å². The number of nitriles is 1. The third-order valence-electron chi connectivity index (χ3n) is 3.68. The van der Waals surface area contributed by atoms with Crippen LogP contribution in [-0.2, 0) is 6.54 Å². The zero-order valence-electron chi connectivity index (χ0n) is 13.7. The van der Waals surface area contributed by atoms with Gasteiger partial charge in [-0.25, -0.2) is 0 Å². The second-order valence-electron chi connectivity index (χ2n) is 5.45. The molecule has 1 aromatic heterocycles. The van der Waals surface area contributed by atoms with Crippen molar-refractivity contribution in [3.63, 3.8) is 0 Å². The molecule has 6 heteroatoms. The molecule has 3 aromatic rings. The van der Waals surface area contributed by atoms with Gasteiger partial charge in [0.15, 0.2) is 0 Å². The van der Waals surface area contributed by atoms with E-state index in [2.05, 4.69) is 10.6 Å². The number of carbonyl (C=O) groups is 2. The van der Waals surface area contributed by atoms with Crippen LogP contribution >= 0.6 is 0 Å². The Kier molecular flexibility index (Phi) is 5.11. The van der Waals surface area contributed by atoms with Crippen LogP contribution in [0.25, 0.3) is 0 Å². The zero-order chi connectivity index (χ0) is 18.4. The van der Waals surface area contributed by atoms with E-state index >= 15 is 0 Å². The molecule has 26 heavy (non-hydrogen) atoms. The second-order valence-corrected chi connectivity index (χ2v) is 5.45. The number of furan rings is 1. The predicted octanol–water partition coefficient (Wildman–Crippen LogP) is 3.33. The van der Waals surface area contributed by atoms with Crippen LogP contribution in [0.4, 0.5) is 5.69 Å². The Hall–Kier alpha value is -3.85. The molecular weight excluding hydrogens is 330 g/mol. The van der Waals surface area contributed by atoms with Crippen molar-refractivity contribution < 1.29 is 14.0 Å². The SMILES string of the molecule is N#Cc1cccc(C(=O)Nc2ccccc2C(=O)NCc2ccco2)c1. The summed E-state index contributed by atoms with van der Waals surface area (Å²) in [5.41, 5.74) is 1.46. The van der Waals surface area contributed by atoms with Crippen LogP contribution in [0.1, 0.15) is 32.0 Å². The van der Waals surface area contributed by atoms with Gasteiger partial charge in [-0.2, -0.15) is 5.26 Å². The summed E-state index contributed by atoms with van der Waals surface area (Å²) < 4.78 is 5.18. The summed E-state index contributed by atoms with van der Waals surface area (Å²) in [6.45, 7) is 0.248. The van der Waals surface area contributed by atoms with Crippen LogP contribution in [0.15, 0.2) is 71.3 Å².